The third-order valence-electron chi connectivity index (χ3n) is 2.82. The Balaban J connectivity index is 2.55. The van der Waals surface area contributed by atoms with Crippen LogP contribution in [0.15, 0.2) is 22.7 Å². The summed E-state index contributed by atoms with van der Waals surface area (Å²) in [6.07, 6.45) is 0.607. The third-order valence-corrected chi connectivity index (χ3v) is 3.44. The fourth-order valence-electron chi connectivity index (χ4n) is 1.35. The summed E-state index contributed by atoms with van der Waals surface area (Å²) in [5.41, 5.74) is -0.652. The zero-order valence-corrected chi connectivity index (χ0v) is 12.5. The van der Waals surface area contributed by atoms with Crippen LogP contribution in [-0.2, 0) is 4.79 Å². The molecular weight excluding hydrogens is 317 g/mol. The molecule has 0 bridgehead atoms. The first kappa shape index (κ1) is 15.9. The molecule has 2 N–H and O–H groups in total. The van der Waals surface area contributed by atoms with Gasteiger partial charge in [-0.2, -0.15) is 0 Å². The maximum absolute atomic E-state index is 12.9. The molecule has 0 aliphatic carbocycles. The second kappa shape index (κ2) is 6.86. The molecular formula is C13H17BrFNO3. The molecule has 0 heterocycles. The van der Waals surface area contributed by atoms with Crippen molar-refractivity contribution in [3.05, 3.63) is 28.5 Å². The average molecular weight is 334 g/mol. The highest BCUT2D eigenvalue weighted by Crippen LogP contribution is 2.25. The largest absolute Gasteiger partial charge is 0.483 e. The Labute approximate surface area is 120 Å². The van der Waals surface area contributed by atoms with Crippen LogP contribution in [0.5, 0.6) is 5.75 Å². The molecule has 0 saturated heterocycles. The van der Waals surface area contributed by atoms with Crippen molar-refractivity contribution in [3.63, 3.8) is 0 Å². The molecule has 0 radical (unpaired) electrons. The number of aliphatic hydroxyl groups is 1. The van der Waals surface area contributed by atoms with E-state index >= 15 is 0 Å². The number of nitrogens with one attached hydrogen (secondary N) is 1. The van der Waals surface area contributed by atoms with Gasteiger partial charge in [-0.25, -0.2) is 4.39 Å². The molecule has 6 heteroatoms. The number of ether oxygens (including phenoxy) is 1. The molecule has 0 fully saturated rings. The Morgan fingerprint density at radius 3 is 2.79 bits per heavy atom. The minimum absolute atomic E-state index is 0.143. The van der Waals surface area contributed by atoms with Crippen molar-refractivity contribution in [3.8, 4) is 5.75 Å². The normalized spacial score (nSPS) is 13.7. The van der Waals surface area contributed by atoms with Gasteiger partial charge in [0.2, 0.25) is 0 Å². The van der Waals surface area contributed by atoms with Gasteiger partial charge in [-0.05, 0) is 47.5 Å². The molecule has 1 unspecified atom stereocenters. The van der Waals surface area contributed by atoms with E-state index in [1.165, 1.54) is 18.2 Å². The van der Waals surface area contributed by atoms with Crippen molar-refractivity contribution in [2.45, 2.75) is 25.8 Å². The Morgan fingerprint density at radius 2 is 2.26 bits per heavy atom. The van der Waals surface area contributed by atoms with Gasteiger partial charge in [0.15, 0.2) is 6.61 Å². The van der Waals surface area contributed by atoms with Crippen LogP contribution in [-0.4, -0.2) is 29.8 Å². The van der Waals surface area contributed by atoms with Crippen molar-refractivity contribution in [2.24, 2.45) is 0 Å². The van der Waals surface area contributed by atoms with Gasteiger partial charge in [-0.15, -0.1) is 0 Å². The summed E-state index contributed by atoms with van der Waals surface area (Å²) >= 11 is 3.15. The first-order valence-electron chi connectivity index (χ1n) is 5.90. The summed E-state index contributed by atoms with van der Waals surface area (Å²) in [5.74, 6) is -0.337. The Kier molecular flexibility index (Phi) is 5.75. The first-order chi connectivity index (χ1) is 8.90. The van der Waals surface area contributed by atoms with Gasteiger partial charge in [0.05, 0.1) is 16.6 Å². The molecule has 0 aliphatic heterocycles. The van der Waals surface area contributed by atoms with E-state index < -0.39 is 5.54 Å². The molecule has 106 valence electrons. The number of halogens is 2. The number of carbonyl (C=O) groups excluding carboxylic acids is 1. The molecule has 1 amide bonds. The molecule has 1 aromatic carbocycles. The van der Waals surface area contributed by atoms with Gasteiger partial charge in [0.1, 0.15) is 11.6 Å². The summed E-state index contributed by atoms with van der Waals surface area (Å²) in [6, 6.07) is 3.96. The van der Waals surface area contributed by atoms with Crippen molar-refractivity contribution in [2.75, 3.05) is 13.2 Å². The van der Waals surface area contributed by atoms with Crippen LogP contribution < -0.4 is 10.1 Å². The van der Waals surface area contributed by atoms with Crippen LogP contribution in [0.1, 0.15) is 20.3 Å². The third kappa shape index (κ3) is 4.80. The van der Waals surface area contributed by atoms with Crippen LogP contribution in [0.4, 0.5) is 4.39 Å². The maximum Gasteiger partial charge on any atom is 0.258 e. The van der Waals surface area contributed by atoms with Crippen LogP contribution >= 0.6 is 15.9 Å². The lowest BCUT2D eigenvalue weighted by molar-refractivity contribution is -0.125. The van der Waals surface area contributed by atoms with E-state index in [1.54, 1.807) is 6.92 Å². The van der Waals surface area contributed by atoms with E-state index in [0.29, 0.717) is 16.6 Å². The molecule has 1 rings (SSSR count). The molecule has 0 spiro atoms. The number of hydrogen-bond acceptors (Lipinski definition) is 3. The van der Waals surface area contributed by atoms with Gasteiger partial charge in [0.25, 0.3) is 5.91 Å². The van der Waals surface area contributed by atoms with E-state index in [4.69, 9.17) is 4.74 Å². The quantitative estimate of drug-likeness (QED) is 0.839. The van der Waals surface area contributed by atoms with Crippen LogP contribution in [0.25, 0.3) is 0 Å². The lowest BCUT2D eigenvalue weighted by atomic mass is 10.0. The van der Waals surface area contributed by atoms with E-state index in [-0.39, 0.29) is 24.9 Å². The van der Waals surface area contributed by atoms with Crippen molar-refractivity contribution in [1.82, 2.24) is 5.32 Å². The molecule has 0 saturated carbocycles. The Morgan fingerprint density at radius 1 is 1.58 bits per heavy atom. The average Bonchev–Trinajstić information content (AvgIpc) is 2.37. The number of benzene rings is 1. The lowest BCUT2D eigenvalue weighted by Gasteiger charge is -2.27. The smallest absolute Gasteiger partial charge is 0.258 e. The SMILES string of the molecule is CCC(C)(CO)NC(=O)COc1ccc(F)cc1Br. The van der Waals surface area contributed by atoms with Gasteiger partial charge < -0.3 is 15.2 Å². The van der Waals surface area contributed by atoms with Crippen molar-refractivity contribution < 1.29 is 19.0 Å². The number of carbonyl (C=O) groups is 1. The van der Waals surface area contributed by atoms with Crippen LogP contribution in [0.3, 0.4) is 0 Å². The highest BCUT2D eigenvalue weighted by atomic mass is 79.9. The molecule has 1 atom stereocenters. The molecule has 1 aromatic rings. The highest BCUT2D eigenvalue weighted by Gasteiger charge is 2.23. The van der Waals surface area contributed by atoms with Crippen molar-refractivity contribution in [1.29, 1.82) is 0 Å². The summed E-state index contributed by atoms with van der Waals surface area (Å²) in [7, 11) is 0. The predicted molar refractivity (Wildman–Crippen MR) is 73.5 cm³/mol. The summed E-state index contributed by atoms with van der Waals surface area (Å²) in [6.45, 7) is 3.28. The molecule has 19 heavy (non-hydrogen) atoms. The van der Waals surface area contributed by atoms with Crippen LogP contribution in [0, 0.1) is 5.82 Å². The highest BCUT2D eigenvalue weighted by molar-refractivity contribution is 9.10. The van der Waals surface area contributed by atoms with Gasteiger partial charge in [0, 0.05) is 0 Å². The number of rotatable bonds is 6. The van der Waals surface area contributed by atoms with E-state index in [0.717, 1.165) is 0 Å². The van der Waals surface area contributed by atoms with Crippen molar-refractivity contribution >= 4 is 21.8 Å². The zero-order chi connectivity index (χ0) is 14.5. The Hall–Kier alpha value is -1.14. The van der Waals surface area contributed by atoms with E-state index in [9.17, 15) is 14.3 Å². The van der Waals surface area contributed by atoms with Crippen LogP contribution in [0.2, 0.25) is 0 Å². The zero-order valence-electron chi connectivity index (χ0n) is 10.9. The second-order valence-electron chi connectivity index (χ2n) is 4.48. The summed E-state index contributed by atoms with van der Waals surface area (Å²) < 4.78 is 18.6. The van der Waals surface area contributed by atoms with E-state index in [1.807, 2.05) is 6.92 Å². The maximum atomic E-state index is 12.9. The van der Waals surface area contributed by atoms with Gasteiger partial charge in [-0.3, -0.25) is 4.79 Å². The summed E-state index contributed by atoms with van der Waals surface area (Å²) in [4.78, 5) is 11.7. The molecule has 0 aromatic heterocycles. The topological polar surface area (TPSA) is 58.6 Å². The number of aliphatic hydroxyl groups excluding tert-OH is 1. The number of amides is 1. The minimum Gasteiger partial charge on any atom is -0.483 e. The minimum atomic E-state index is -0.652. The first-order valence-corrected chi connectivity index (χ1v) is 6.69. The molecule has 0 aliphatic rings. The monoisotopic (exact) mass is 333 g/mol. The Bertz CT molecular complexity index is 450. The predicted octanol–water partition coefficient (Wildman–Crippen LogP) is 2.24. The lowest BCUT2D eigenvalue weighted by Crippen LogP contribution is -2.49. The standard InChI is InChI=1S/C13H17BrFNO3/c1-3-13(2,8-17)16-12(18)7-19-11-5-4-9(15)6-10(11)14/h4-6,17H,3,7-8H2,1-2H3,(H,16,18). The number of hydrogen-bond donors (Lipinski definition) is 2. The molecule has 4 nitrogen and oxygen atoms in total. The van der Waals surface area contributed by atoms with Gasteiger partial charge >= 0.3 is 0 Å². The van der Waals surface area contributed by atoms with E-state index in [2.05, 4.69) is 21.2 Å². The van der Waals surface area contributed by atoms with Gasteiger partial charge in [-0.1, -0.05) is 6.92 Å². The fraction of sp³-hybridized carbons (Fsp3) is 0.462. The summed E-state index contributed by atoms with van der Waals surface area (Å²) in [5, 5.41) is 11.9. The second-order valence-corrected chi connectivity index (χ2v) is 5.34. The fourth-order valence-corrected chi connectivity index (χ4v) is 1.81.